The average Bonchev–Trinajstić information content (AvgIpc) is 3.30. The molecule has 0 saturated carbocycles. The van der Waals surface area contributed by atoms with Crippen LogP contribution in [0.4, 0.5) is 5.82 Å². The van der Waals surface area contributed by atoms with Gasteiger partial charge in [0.25, 0.3) is 0 Å². The summed E-state index contributed by atoms with van der Waals surface area (Å²) in [5, 5.41) is 5.75. The van der Waals surface area contributed by atoms with Crippen molar-refractivity contribution in [3.63, 3.8) is 0 Å². The number of hydrogen-bond acceptors (Lipinski definition) is 6. The van der Waals surface area contributed by atoms with Crippen molar-refractivity contribution >= 4 is 11.7 Å². The minimum absolute atomic E-state index is 0.183. The second-order valence-corrected chi connectivity index (χ2v) is 7.67. The molecule has 27 heavy (non-hydrogen) atoms. The molecule has 4 aliphatic heterocycles. The maximum Gasteiger partial charge on any atom is 0.228 e. The molecule has 0 radical (unpaired) electrons. The number of hydrogen-bond donors (Lipinski definition) is 2. The van der Waals surface area contributed by atoms with Crippen LogP contribution in [0.25, 0.3) is 0 Å². The molecular formula is C20H26N6O. The minimum Gasteiger partial charge on any atom is -0.367 e. The van der Waals surface area contributed by atoms with E-state index in [4.69, 9.17) is 0 Å². The highest BCUT2D eigenvalue weighted by Crippen LogP contribution is 2.33. The maximum atomic E-state index is 11.9. The number of fused-ring (bicyclic) bond motifs is 2. The van der Waals surface area contributed by atoms with E-state index in [0.29, 0.717) is 6.42 Å². The van der Waals surface area contributed by atoms with Crippen LogP contribution in [0.3, 0.4) is 0 Å². The molecule has 7 heteroatoms. The normalized spacial score (nSPS) is 23.2. The van der Waals surface area contributed by atoms with Gasteiger partial charge in [0.1, 0.15) is 5.82 Å². The average molecular weight is 366 g/mol. The Morgan fingerprint density at radius 3 is 2.89 bits per heavy atom. The Kier molecular flexibility index (Phi) is 4.04. The van der Waals surface area contributed by atoms with E-state index >= 15 is 0 Å². The van der Waals surface area contributed by atoms with Gasteiger partial charge in [0, 0.05) is 62.7 Å². The Morgan fingerprint density at radius 2 is 2.11 bits per heavy atom. The fourth-order valence-corrected chi connectivity index (χ4v) is 4.39. The van der Waals surface area contributed by atoms with Crippen LogP contribution in [-0.4, -0.2) is 53.5 Å². The van der Waals surface area contributed by atoms with Crippen molar-refractivity contribution < 1.29 is 4.79 Å². The molecule has 1 saturated heterocycles. The summed E-state index contributed by atoms with van der Waals surface area (Å²) >= 11 is 0. The molecule has 1 fully saturated rings. The Bertz CT molecular complexity index is 814. The third-order valence-electron chi connectivity index (χ3n) is 6.06. The van der Waals surface area contributed by atoms with Gasteiger partial charge in [-0.25, -0.2) is 4.98 Å². The number of pyridine rings is 1. The summed E-state index contributed by atoms with van der Waals surface area (Å²) in [7, 11) is 0. The van der Waals surface area contributed by atoms with Crippen LogP contribution in [0.2, 0.25) is 0 Å². The van der Waals surface area contributed by atoms with Crippen LogP contribution in [0.5, 0.6) is 0 Å². The first-order valence-electron chi connectivity index (χ1n) is 9.92. The highest BCUT2D eigenvalue weighted by Gasteiger charge is 2.32. The molecule has 1 aromatic rings. The highest BCUT2D eigenvalue weighted by atomic mass is 16.2. The lowest BCUT2D eigenvalue weighted by Gasteiger charge is -2.36. The van der Waals surface area contributed by atoms with E-state index in [9.17, 15) is 4.79 Å². The van der Waals surface area contributed by atoms with Gasteiger partial charge in [-0.2, -0.15) is 0 Å². The van der Waals surface area contributed by atoms with Crippen molar-refractivity contribution in [3.8, 4) is 0 Å². The lowest BCUT2D eigenvalue weighted by atomic mass is 10.0. The maximum absolute atomic E-state index is 11.9. The summed E-state index contributed by atoms with van der Waals surface area (Å²) in [6, 6.07) is 4.35. The van der Waals surface area contributed by atoms with Crippen molar-refractivity contribution in [2.75, 3.05) is 37.6 Å². The predicted molar refractivity (Wildman–Crippen MR) is 103 cm³/mol. The number of nitrogens with one attached hydrogen (secondary N) is 2. The zero-order valence-electron chi connectivity index (χ0n) is 15.7. The molecule has 1 aromatic heterocycles. The molecule has 142 valence electrons. The summed E-state index contributed by atoms with van der Waals surface area (Å²) in [5.41, 5.74) is 8.81. The Labute approximate surface area is 159 Å². The molecule has 5 rings (SSSR count). The summed E-state index contributed by atoms with van der Waals surface area (Å²) in [4.78, 5) is 20.7. The molecule has 1 amide bonds. The van der Waals surface area contributed by atoms with E-state index in [1.54, 1.807) is 4.90 Å². The van der Waals surface area contributed by atoms with Crippen LogP contribution >= 0.6 is 0 Å². The van der Waals surface area contributed by atoms with Gasteiger partial charge in [-0.15, -0.1) is 0 Å². The zero-order chi connectivity index (χ0) is 18.4. The van der Waals surface area contributed by atoms with E-state index in [2.05, 4.69) is 44.8 Å². The van der Waals surface area contributed by atoms with Crippen molar-refractivity contribution in [2.24, 2.45) is 0 Å². The SMILES string of the molecule is CC(c1ccc(N2CCCC2=O)nc1)N1C=C2C3=C(CCNC3)NN2CC1. The fraction of sp³-hybridized carbons (Fsp3) is 0.500. The molecule has 0 aliphatic carbocycles. The molecule has 0 bridgehead atoms. The first-order valence-corrected chi connectivity index (χ1v) is 9.92. The molecule has 7 nitrogen and oxygen atoms in total. The molecule has 1 unspecified atom stereocenters. The summed E-state index contributed by atoms with van der Waals surface area (Å²) in [6.45, 7) is 6.93. The summed E-state index contributed by atoms with van der Waals surface area (Å²) < 4.78 is 0. The van der Waals surface area contributed by atoms with Crippen molar-refractivity contribution in [1.82, 2.24) is 25.6 Å². The number of carbonyl (C=O) groups excluding carboxylic acids is 1. The Hall–Kier alpha value is -2.54. The highest BCUT2D eigenvalue weighted by molar-refractivity contribution is 5.94. The van der Waals surface area contributed by atoms with E-state index in [1.807, 2.05) is 12.3 Å². The molecule has 4 aliphatic rings. The van der Waals surface area contributed by atoms with Crippen LogP contribution in [0, 0.1) is 0 Å². The van der Waals surface area contributed by atoms with Crippen molar-refractivity contribution in [2.45, 2.75) is 32.2 Å². The third-order valence-corrected chi connectivity index (χ3v) is 6.06. The number of anilines is 1. The van der Waals surface area contributed by atoms with Gasteiger partial charge in [0.05, 0.1) is 18.3 Å². The molecule has 0 aromatic carbocycles. The first-order chi connectivity index (χ1) is 13.2. The van der Waals surface area contributed by atoms with Crippen LogP contribution < -0.4 is 15.6 Å². The smallest absolute Gasteiger partial charge is 0.228 e. The predicted octanol–water partition coefficient (Wildman–Crippen LogP) is 1.49. The van der Waals surface area contributed by atoms with Crippen LogP contribution in [0.15, 0.2) is 41.5 Å². The van der Waals surface area contributed by atoms with Crippen LogP contribution in [-0.2, 0) is 4.79 Å². The molecule has 5 heterocycles. The van der Waals surface area contributed by atoms with Crippen molar-refractivity contribution in [1.29, 1.82) is 0 Å². The number of hydrazine groups is 1. The molecular weight excluding hydrogens is 340 g/mol. The molecule has 0 spiro atoms. The zero-order valence-corrected chi connectivity index (χ0v) is 15.7. The summed E-state index contributed by atoms with van der Waals surface area (Å²) in [6.07, 6.45) is 6.85. The molecule has 1 atom stereocenters. The van der Waals surface area contributed by atoms with Gasteiger partial charge in [0.2, 0.25) is 5.91 Å². The Balaban J connectivity index is 1.35. The van der Waals surface area contributed by atoms with Gasteiger partial charge in [-0.1, -0.05) is 6.07 Å². The minimum atomic E-state index is 0.183. The van der Waals surface area contributed by atoms with E-state index in [1.165, 1.54) is 22.5 Å². The van der Waals surface area contributed by atoms with E-state index in [0.717, 1.165) is 51.4 Å². The topological polar surface area (TPSA) is 63.7 Å². The fourth-order valence-electron chi connectivity index (χ4n) is 4.39. The number of aromatic nitrogens is 1. The van der Waals surface area contributed by atoms with E-state index < -0.39 is 0 Å². The van der Waals surface area contributed by atoms with E-state index in [-0.39, 0.29) is 11.9 Å². The standard InChI is InChI=1S/C20H26N6O/c1-14(15-4-5-19(22-11-15)25-8-2-3-20(25)27)24-9-10-26-18(13-24)16-12-21-7-6-17(16)23-26/h4-5,11,13-14,21,23H,2-3,6-10,12H2,1H3. The molecule has 2 N–H and O–H groups in total. The quantitative estimate of drug-likeness (QED) is 0.845. The van der Waals surface area contributed by atoms with Crippen LogP contribution in [0.1, 0.15) is 37.8 Å². The number of amides is 1. The first kappa shape index (κ1) is 16.6. The Morgan fingerprint density at radius 1 is 1.19 bits per heavy atom. The number of rotatable bonds is 3. The van der Waals surface area contributed by atoms with Crippen molar-refractivity contribution in [3.05, 3.63) is 47.1 Å². The van der Waals surface area contributed by atoms with Gasteiger partial charge >= 0.3 is 0 Å². The second kappa shape index (κ2) is 6.56. The lowest BCUT2D eigenvalue weighted by molar-refractivity contribution is -0.117. The van der Waals surface area contributed by atoms with Gasteiger partial charge < -0.3 is 15.6 Å². The van der Waals surface area contributed by atoms with Gasteiger partial charge in [-0.3, -0.25) is 14.7 Å². The number of nitrogens with zero attached hydrogens (tertiary/aromatic N) is 4. The third kappa shape index (κ3) is 2.86. The second-order valence-electron chi connectivity index (χ2n) is 7.67. The van der Waals surface area contributed by atoms with Gasteiger partial charge in [-0.05, 0) is 25.0 Å². The van der Waals surface area contributed by atoms with Gasteiger partial charge in [0.15, 0.2) is 0 Å². The summed E-state index contributed by atoms with van der Waals surface area (Å²) in [5.74, 6) is 0.961. The number of carbonyl (C=O) groups is 1. The largest absolute Gasteiger partial charge is 0.367 e. The lowest BCUT2D eigenvalue weighted by Crippen LogP contribution is -2.42. The monoisotopic (exact) mass is 366 g/mol.